The lowest BCUT2D eigenvalue weighted by Gasteiger charge is -2.26. The van der Waals surface area contributed by atoms with Crippen LogP contribution in [0.5, 0.6) is 0 Å². The highest BCUT2D eigenvalue weighted by Gasteiger charge is 2.11. The van der Waals surface area contributed by atoms with Gasteiger partial charge in [0.1, 0.15) is 0 Å². The van der Waals surface area contributed by atoms with Gasteiger partial charge in [0.2, 0.25) is 15.9 Å². The molecule has 6 nitrogen and oxygen atoms in total. The third-order valence-electron chi connectivity index (χ3n) is 4.59. The normalized spacial score (nSPS) is 15.5. The van der Waals surface area contributed by atoms with Gasteiger partial charge in [0.15, 0.2) is 0 Å². The summed E-state index contributed by atoms with van der Waals surface area (Å²) in [5, 5.41) is 2.88. The minimum atomic E-state index is -3.46. The van der Waals surface area contributed by atoms with Crippen molar-refractivity contribution in [3.63, 3.8) is 0 Å². The van der Waals surface area contributed by atoms with Gasteiger partial charge in [0.05, 0.1) is 4.90 Å². The number of carbonyl (C=O) groups excluding carboxylic acids is 1. The van der Waals surface area contributed by atoms with Gasteiger partial charge in [-0.25, -0.2) is 13.1 Å². The summed E-state index contributed by atoms with van der Waals surface area (Å²) in [5.74, 6) is 2.11. The number of nitrogens with zero attached hydrogens (tertiary/aromatic N) is 1. The van der Waals surface area contributed by atoms with E-state index in [0.717, 1.165) is 30.9 Å². The molecule has 1 aliphatic rings. The van der Waals surface area contributed by atoms with Crippen LogP contribution in [0.15, 0.2) is 59.5 Å². The fraction of sp³-hybridized carbons (Fsp3) is 0.286. The van der Waals surface area contributed by atoms with Gasteiger partial charge >= 0.3 is 0 Å². The number of hydrogen-bond acceptors (Lipinski definition) is 5. The second kappa shape index (κ2) is 10.1. The lowest BCUT2D eigenvalue weighted by molar-refractivity contribution is -0.111. The quantitative estimate of drug-likeness (QED) is 0.659. The molecule has 0 aromatic heterocycles. The molecule has 2 aromatic carbocycles. The monoisotopic (exact) mass is 431 g/mol. The smallest absolute Gasteiger partial charge is 0.248 e. The number of carbonyl (C=O) groups is 1. The molecule has 1 amide bonds. The van der Waals surface area contributed by atoms with Gasteiger partial charge in [-0.05, 0) is 48.5 Å². The molecule has 0 spiro atoms. The van der Waals surface area contributed by atoms with Crippen LogP contribution in [0.2, 0.25) is 0 Å². The molecule has 154 valence electrons. The van der Waals surface area contributed by atoms with Crippen molar-refractivity contribution in [2.75, 3.05) is 37.0 Å². The average Bonchev–Trinajstić information content (AvgIpc) is 2.73. The first-order chi connectivity index (χ1) is 14.0. The first kappa shape index (κ1) is 21.6. The molecule has 1 aliphatic heterocycles. The minimum Gasteiger partial charge on any atom is -0.323 e. The first-order valence-corrected chi connectivity index (χ1v) is 12.0. The summed E-state index contributed by atoms with van der Waals surface area (Å²) < 4.78 is 25.7. The number of anilines is 1. The standard InChI is InChI=1S/C21H25N3O3S2/c1-22-29(26,27)20-8-5-17(6-9-20)7-10-21(25)23-19-4-2-3-18(15-19)16-24-11-13-28-14-12-24/h2-10,15,22H,11-14,16H2,1H3,(H,23,25)/b10-7+. The maximum absolute atomic E-state index is 12.2. The highest BCUT2D eigenvalue weighted by atomic mass is 32.2. The molecule has 0 bridgehead atoms. The highest BCUT2D eigenvalue weighted by Crippen LogP contribution is 2.16. The maximum atomic E-state index is 12.2. The number of nitrogens with one attached hydrogen (secondary N) is 2. The van der Waals surface area contributed by atoms with Gasteiger partial charge in [-0.2, -0.15) is 11.8 Å². The molecule has 0 saturated carbocycles. The molecule has 0 aliphatic carbocycles. The van der Waals surface area contributed by atoms with Crippen molar-refractivity contribution in [2.45, 2.75) is 11.4 Å². The zero-order chi connectivity index (χ0) is 20.7. The van der Waals surface area contributed by atoms with Crippen LogP contribution in [0.3, 0.4) is 0 Å². The van der Waals surface area contributed by atoms with Gasteiger partial charge < -0.3 is 5.32 Å². The molecule has 1 saturated heterocycles. The van der Waals surface area contributed by atoms with Gasteiger partial charge in [-0.1, -0.05) is 24.3 Å². The Balaban J connectivity index is 1.58. The van der Waals surface area contributed by atoms with E-state index in [1.807, 2.05) is 30.0 Å². The molecule has 0 atom stereocenters. The summed E-state index contributed by atoms with van der Waals surface area (Å²) in [6.45, 7) is 3.08. The lowest BCUT2D eigenvalue weighted by Crippen LogP contribution is -2.31. The number of sulfonamides is 1. The summed E-state index contributed by atoms with van der Waals surface area (Å²) >= 11 is 1.99. The Bertz CT molecular complexity index is 967. The van der Waals surface area contributed by atoms with Crippen molar-refractivity contribution in [1.29, 1.82) is 0 Å². The minimum absolute atomic E-state index is 0.186. The van der Waals surface area contributed by atoms with Crippen molar-refractivity contribution in [3.05, 3.63) is 65.7 Å². The Labute approximate surface area is 176 Å². The predicted molar refractivity (Wildman–Crippen MR) is 119 cm³/mol. The molecule has 2 N–H and O–H groups in total. The third kappa shape index (κ3) is 6.43. The summed E-state index contributed by atoms with van der Waals surface area (Å²) in [6.07, 6.45) is 3.09. The third-order valence-corrected chi connectivity index (χ3v) is 6.96. The molecule has 1 heterocycles. The summed E-state index contributed by atoms with van der Waals surface area (Å²) in [4.78, 5) is 14.9. The van der Waals surface area contributed by atoms with Crippen LogP contribution < -0.4 is 10.0 Å². The SMILES string of the molecule is CNS(=O)(=O)c1ccc(/C=C/C(=O)Nc2cccc(CN3CCSCC3)c2)cc1. The zero-order valence-corrected chi connectivity index (χ0v) is 17.9. The molecule has 0 radical (unpaired) electrons. The Morgan fingerprint density at radius 2 is 1.86 bits per heavy atom. The largest absolute Gasteiger partial charge is 0.323 e. The summed E-state index contributed by atoms with van der Waals surface area (Å²) in [7, 11) is -2.09. The number of amides is 1. The Morgan fingerprint density at radius 3 is 2.55 bits per heavy atom. The molecule has 3 rings (SSSR count). The van der Waals surface area contributed by atoms with E-state index in [1.165, 1.54) is 42.3 Å². The van der Waals surface area contributed by atoms with E-state index in [4.69, 9.17) is 0 Å². The number of hydrogen-bond donors (Lipinski definition) is 2. The van der Waals surface area contributed by atoms with Crippen LogP contribution in [0.4, 0.5) is 5.69 Å². The van der Waals surface area contributed by atoms with Crippen molar-refractivity contribution < 1.29 is 13.2 Å². The van der Waals surface area contributed by atoms with E-state index in [2.05, 4.69) is 21.0 Å². The predicted octanol–water partition coefficient (Wildman–Crippen LogP) is 2.80. The topological polar surface area (TPSA) is 78.5 Å². The van der Waals surface area contributed by atoms with E-state index in [0.29, 0.717) is 0 Å². The van der Waals surface area contributed by atoms with Crippen LogP contribution in [0, 0.1) is 0 Å². The maximum Gasteiger partial charge on any atom is 0.248 e. The van der Waals surface area contributed by atoms with Gasteiger partial charge in [-0.15, -0.1) is 0 Å². The molecule has 2 aromatic rings. The molecule has 1 fully saturated rings. The van der Waals surface area contributed by atoms with Crippen LogP contribution in [-0.2, 0) is 21.4 Å². The van der Waals surface area contributed by atoms with Gasteiger partial charge in [0, 0.05) is 42.9 Å². The van der Waals surface area contributed by atoms with E-state index < -0.39 is 10.0 Å². The molecular formula is C21H25N3O3S2. The number of thioether (sulfide) groups is 1. The van der Waals surface area contributed by atoms with Crippen molar-refractivity contribution in [3.8, 4) is 0 Å². The molecule has 0 unspecified atom stereocenters. The highest BCUT2D eigenvalue weighted by molar-refractivity contribution is 7.99. The average molecular weight is 432 g/mol. The van der Waals surface area contributed by atoms with E-state index in [-0.39, 0.29) is 10.8 Å². The summed E-state index contributed by atoms with van der Waals surface area (Å²) in [5.41, 5.74) is 2.69. The number of benzene rings is 2. The zero-order valence-electron chi connectivity index (χ0n) is 16.3. The van der Waals surface area contributed by atoms with Crippen LogP contribution in [0.1, 0.15) is 11.1 Å². The van der Waals surface area contributed by atoms with Crippen LogP contribution in [0.25, 0.3) is 6.08 Å². The molecule has 29 heavy (non-hydrogen) atoms. The molecular weight excluding hydrogens is 406 g/mol. The van der Waals surface area contributed by atoms with Crippen molar-refractivity contribution >= 4 is 39.5 Å². The second-order valence-corrected chi connectivity index (χ2v) is 9.80. The fourth-order valence-electron chi connectivity index (χ4n) is 3.00. The Morgan fingerprint density at radius 1 is 1.14 bits per heavy atom. The van der Waals surface area contributed by atoms with E-state index in [9.17, 15) is 13.2 Å². The lowest BCUT2D eigenvalue weighted by atomic mass is 10.2. The van der Waals surface area contributed by atoms with Gasteiger partial charge in [0.25, 0.3) is 0 Å². The van der Waals surface area contributed by atoms with Crippen molar-refractivity contribution in [1.82, 2.24) is 9.62 Å². The second-order valence-electron chi connectivity index (χ2n) is 6.69. The first-order valence-electron chi connectivity index (χ1n) is 9.38. The van der Waals surface area contributed by atoms with E-state index >= 15 is 0 Å². The van der Waals surface area contributed by atoms with Crippen molar-refractivity contribution in [2.24, 2.45) is 0 Å². The number of rotatable bonds is 7. The molecule has 8 heteroatoms. The van der Waals surface area contributed by atoms with E-state index in [1.54, 1.807) is 18.2 Å². The Hall–Kier alpha value is -2.13. The Kier molecular flexibility index (Phi) is 7.49. The van der Waals surface area contributed by atoms with Crippen LogP contribution in [-0.4, -0.2) is 50.9 Å². The fourth-order valence-corrected chi connectivity index (χ4v) is 4.71. The summed E-state index contributed by atoms with van der Waals surface area (Å²) in [6, 6.07) is 14.2. The van der Waals surface area contributed by atoms with Gasteiger partial charge in [-0.3, -0.25) is 9.69 Å². The van der Waals surface area contributed by atoms with Crippen LogP contribution >= 0.6 is 11.8 Å².